The van der Waals surface area contributed by atoms with Gasteiger partial charge in [-0.3, -0.25) is 0 Å². The molecule has 4 fully saturated rings. The van der Waals surface area contributed by atoms with Crippen molar-refractivity contribution in [3.8, 4) is 0 Å². The maximum absolute atomic E-state index is 12.9. The number of anilines is 2. The van der Waals surface area contributed by atoms with Gasteiger partial charge in [0.25, 0.3) is 0 Å². The molecule has 7 rings (SSSR count). The Morgan fingerprint density at radius 3 is 2.53 bits per heavy atom. The Labute approximate surface area is 189 Å². The van der Waals surface area contributed by atoms with Crippen LogP contribution in [0.15, 0.2) is 60.7 Å². The van der Waals surface area contributed by atoms with E-state index in [0.29, 0.717) is 12.0 Å². The molecule has 3 aromatic rings. The number of likely N-dealkylation sites (tertiary alicyclic amines) is 1. The van der Waals surface area contributed by atoms with Gasteiger partial charge in [-0.1, -0.05) is 30.3 Å². The number of nitrogens with one attached hydrogen (secondary N) is 1. The average Bonchev–Trinajstić information content (AvgIpc) is 3.36. The lowest BCUT2D eigenvalue weighted by Crippen LogP contribution is -2.48. The van der Waals surface area contributed by atoms with Crippen molar-refractivity contribution in [2.24, 2.45) is 5.92 Å². The lowest BCUT2D eigenvalue weighted by molar-refractivity contribution is 0.222. The van der Waals surface area contributed by atoms with E-state index in [4.69, 9.17) is 4.98 Å². The van der Waals surface area contributed by atoms with Gasteiger partial charge in [-0.05, 0) is 73.9 Å². The predicted molar refractivity (Wildman–Crippen MR) is 129 cm³/mol. The minimum atomic E-state index is -0.0169. The number of hydrogen-bond acceptors (Lipinski definition) is 3. The molecule has 1 atom stereocenters. The van der Waals surface area contributed by atoms with Gasteiger partial charge < -0.3 is 15.1 Å². The average molecular weight is 427 g/mol. The van der Waals surface area contributed by atoms with E-state index in [1.165, 1.54) is 31.2 Å². The van der Waals surface area contributed by atoms with E-state index >= 15 is 0 Å². The monoisotopic (exact) mass is 426 g/mol. The Balaban J connectivity index is 1.14. The molecule has 3 saturated heterocycles. The summed E-state index contributed by atoms with van der Waals surface area (Å²) in [6.07, 6.45) is 6.37. The molecule has 1 unspecified atom stereocenters. The molecular weight excluding hydrogens is 396 g/mol. The van der Waals surface area contributed by atoms with E-state index < -0.39 is 0 Å². The van der Waals surface area contributed by atoms with Crippen LogP contribution in [-0.2, 0) is 0 Å². The highest BCUT2D eigenvalue weighted by molar-refractivity contribution is 5.93. The Bertz CT molecular complexity index is 1120. The third-order valence-electron chi connectivity index (χ3n) is 7.68. The Morgan fingerprint density at radius 2 is 1.75 bits per heavy atom. The number of aromatic nitrogens is 1. The third kappa shape index (κ3) is 3.70. The molecule has 5 heteroatoms. The number of amides is 2. The standard InChI is InChI=1S/C27H30N4O/c32-27(30-15-14-22(18-30)20-4-2-1-3-5-20)28-23-9-12-25-21(16-23)8-13-26(29-25)31-17-19-6-10-24(31)11-7-19/h1-5,8-9,12-13,16,19,22,24H,6-7,10-11,14-15,17-18H2,(H,28,32). The number of nitrogens with zero attached hydrogens (tertiary/aromatic N) is 3. The van der Waals surface area contributed by atoms with Crippen LogP contribution in [0, 0.1) is 5.92 Å². The van der Waals surface area contributed by atoms with Crippen LogP contribution in [0.25, 0.3) is 10.9 Å². The highest BCUT2D eigenvalue weighted by Gasteiger charge is 2.34. The number of urea groups is 1. The van der Waals surface area contributed by atoms with E-state index in [1.54, 1.807) is 0 Å². The number of rotatable bonds is 3. The van der Waals surface area contributed by atoms with Gasteiger partial charge in [-0.25, -0.2) is 9.78 Å². The number of carbonyl (C=O) groups is 1. The molecule has 0 spiro atoms. The zero-order chi connectivity index (χ0) is 21.5. The molecule has 1 aromatic heterocycles. The molecule has 0 radical (unpaired) electrons. The largest absolute Gasteiger partial charge is 0.353 e. The van der Waals surface area contributed by atoms with Crippen LogP contribution in [-0.4, -0.2) is 41.6 Å². The van der Waals surface area contributed by atoms with E-state index in [-0.39, 0.29) is 6.03 Å². The van der Waals surface area contributed by atoms with Crippen LogP contribution < -0.4 is 10.2 Å². The summed E-state index contributed by atoms with van der Waals surface area (Å²) in [4.78, 5) is 22.3. The van der Waals surface area contributed by atoms with Crippen molar-refractivity contribution in [2.45, 2.75) is 44.1 Å². The minimum Gasteiger partial charge on any atom is -0.353 e. The summed E-state index contributed by atoms with van der Waals surface area (Å²) in [5.74, 6) is 2.36. The molecular formula is C27H30N4O. The maximum atomic E-state index is 12.9. The molecule has 32 heavy (non-hydrogen) atoms. The van der Waals surface area contributed by atoms with Crippen LogP contribution >= 0.6 is 0 Å². The van der Waals surface area contributed by atoms with Crippen LogP contribution in [0.1, 0.15) is 43.6 Å². The van der Waals surface area contributed by atoms with Crippen molar-refractivity contribution in [2.75, 3.05) is 29.9 Å². The quantitative estimate of drug-likeness (QED) is 0.590. The number of fused-ring (bicyclic) bond motifs is 4. The Morgan fingerprint density at radius 1 is 0.906 bits per heavy atom. The normalized spacial score (nSPS) is 24.8. The van der Waals surface area contributed by atoms with Crippen molar-refractivity contribution < 1.29 is 4.79 Å². The van der Waals surface area contributed by atoms with Gasteiger partial charge in [0.05, 0.1) is 5.52 Å². The smallest absolute Gasteiger partial charge is 0.321 e. The van der Waals surface area contributed by atoms with Gasteiger partial charge in [-0.15, -0.1) is 0 Å². The van der Waals surface area contributed by atoms with Gasteiger partial charge >= 0.3 is 6.03 Å². The van der Waals surface area contributed by atoms with Crippen LogP contribution in [0.5, 0.6) is 0 Å². The first kappa shape index (κ1) is 19.6. The topological polar surface area (TPSA) is 48.5 Å². The summed E-state index contributed by atoms with van der Waals surface area (Å²) < 4.78 is 0. The van der Waals surface area contributed by atoms with E-state index in [9.17, 15) is 4.79 Å². The van der Waals surface area contributed by atoms with Gasteiger partial charge in [-0.2, -0.15) is 0 Å². The predicted octanol–water partition coefficient (Wildman–Crippen LogP) is 5.64. The highest BCUT2D eigenvalue weighted by Crippen LogP contribution is 2.37. The summed E-state index contributed by atoms with van der Waals surface area (Å²) in [6.45, 7) is 2.71. The fourth-order valence-electron chi connectivity index (χ4n) is 5.84. The maximum Gasteiger partial charge on any atom is 0.321 e. The van der Waals surface area contributed by atoms with Crippen molar-refractivity contribution in [3.05, 3.63) is 66.2 Å². The van der Waals surface area contributed by atoms with E-state index in [2.05, 4.69) is 46.6 Å². The fraction of sp³-hybridized carbons (Fsp3) is 0.407. The van der Waals surface area contributed by atoms with Gasteiger partial charge in [0, 0.05) is 42.7 Å². The zero-order valence-corrected chi connectivity index (χ0v) is 18.4. The third-order valence-corrected chi connectivity index (χ3v) is 7.68. The molecule has 3 aliphatic heterocycles. The molecule has 164 valence electrons. The molecule has 1 aliphatic carbocycles. The molecule has 4 heterocycles. The molecule has 1 saturated carbocycles. The van der Waals surface area contributed by atoms with Gasteiger partial charge in [0.1, 0.15) is 5.82 Å². The zero-order valence-electron chi connectivity index (χ0n) is 18.4. The Hall–Kier alpha value is -3.08. The highest BCUT2D eigenvalue weighted by atomic mass is 16.2. The first-order valence-electron chi connectivity index (χ1n) is 12.0. The lowest BCUT2D eigenvalue weighted by atomic mass is 9.80. The second-order valence-electron chi connectivity index (χ2n) is 9.68. The first-order valence-corrected chi connectivity index (χ1v) is 12.0. The van der Waals surface area contributed by atoms with Crippen LogP contribution in [0.2, 0.25) is 0 Å². The summed E-state index contributed by atoms with van der Waals surface area (Å²) in [5.41, 5.74) is 3.14. The molecule has 2 aromatic carbocycles. The van der Waals surface area contributed by atoms with Crippen LogP contribution in [0.3, 0.4) is 0 Å². The van der Waals surface area contributed by atoms with Crippen molar-refractivity contribution in [3.63, 3.8) is 0 Å². The second kappa shape index (κ2) is 8.12. The summed E-state index contributed by atoms with van der Waals surface area (Å²) in [7, 11) is 0. The number of piperidine rings is 2. The van der Waals surface area contributed by atoms with E-state index in [0.717, 1.165) is 54.4 Å². The SMILES string of the molecule is O=C(Nc1ccc2nc(N3CC4CCC3CC4)ccc2c1)N1CCC(c2ccccc2)C1. The number of hydrogen-bond donors (Lipinski definition) is 1. The summed E-state index contributed by atoms with van der Waals surface area (Å²) in [6, 6.07) is 21.5. The lowest BCUT2D eigenvalue weighted by Gasteiger charge is -2.46. The van der Waals surface area contributed by atoms with Crippen molar-refractivity contribution in [1.82, 2.24) is 9.88 Å². The first-order chi connectivity index (χ1) is 15.7. The second-order valence-corrected chi connectivity index (χ2v) is 9.68. The summed E-state index contributed by atoms with van der Waals surface area (Å²) in [5, 5.41) is 4.16. The fourth-order valence-corrected chi connectivity index (χ4v) is 5.84. The molecule has 1 N–H and O–H groups in total. The van der Waals surface area contributed by atoms with Crippen molar-refractivity contribution >= 4 is 28.4 Å². The van der Waals surface area contributed by atoms with Crippen LogP contribution in [0.4, 0.5) is 16.3 Å². The number of pyridine rings is 1. The molecule has 2 bridgehead atoms. The Kier molecular flexibility index (Phi) is 4.97. The van der Waals surface area contributed by atoms with Crippen molar-refractivity contribution in [1.29, 1.82) is 0 Å². The van der Waals surface area contributed by atoms with Gasteiger partial charge in [0.2, 0.25) is 0 Å². The molecule has 5 nitrogen and oxygen atoms in total. The van der Waals surface area contributed by atoms with Gasteiger partial charge in [0.15, 0.2) is 0 Å². The minimum absolute atomic E-state index is 0.0169. The number of carbonyl (C=O) groups excluding carboxylic acids is 1. The molecule has 4 aliphatic rings. The molecule has 2 amide bonds. The van der Waals surface area contributed by atoms with E-state index in [1.807, 2.05) is 29.2 Å². The number of benzene rings is 2. The summed E-state index contributed by atoms with van der Waals surface area (Å²) >= 11 is 0.